The predicted octanol–water partition coefficient (Wildman–Crippen LogP) is 8.22. The zero-order chi connectivity index (χ0) is 34.6. The molecule has 0 radical (unpaired) electrons. The molecule has 2 unspecified atom stereocenters. The lowest BCUT2D eigenvalue weighted by molar-refractivity contribution is 0.0598. The summed E-state index contributed by atoms with van der Waals surface area (Å²) in [5.41, 5.74) is 6.60. The number of fused-ring (bicyclic) bond motifs is 6. The summed E-state index contributed by atoms with van der Waals surface area (Å²) in [5, 5.41) is 7.70. The summed E-state index contributed by atoms with van der Waals surface area (Å²) >= 11 is 1.21. The van der Waals surface area contributed by atoms with Crippen LogP contribution < -0.4 is 24.3 Å². The fraction of sp³-hybridized carbons (Fsp3) is 0.220. The van der Waals surface area contributed by atoms with E-state index in [0.717, 1.165) is 76.5 Å². The minimum absolute atomic E-state index is 0.0700. The molecule has 1 aliphatic carbocycles. The number of hydrogen-bond donors (Lipinski definition) is 3. The van der Waals surface area contributed by atoms with Gasteiger partial charge in [0.25, 0.3) is 5.91 Å². The average molecular weight is 808 g/mol. The maximum Gasteiger partial charge on any atom is 0.338 e. The van der Waals surface area contributed by atoms with Crippen molar-refractivity contribution in [1.82, 2.24) is 3.53 Å². The van der Waals surface area contributed by atoms with Crippen molar-refractivity contribution in [2.45, 2.75) is 31.6 Å². The quantitative estimate of drug-likeness (QED) is 0.0728. The van der Waals surface area contributed by atoms with Crippen LogP contribution in [0.4, 0.5) is 11.4 Å². The monoisotopic (exact) mass is 807 g/mol. The highest BCUT2D eigenvalue weighted by molar-refractivity contribution is 14.2. The molecule has 0 saturated carbocycles. The molecule has 1 amide bonds. The third-order valence-corrected chi connectivity index (χ3v) is 13.8. The summed E-state index contributed by atoms with van der Waals surface area (Å²) < 4.78 is 18.8. The average Bonchev–Trinajstić information content (AvgIpc) is 3.40. The highest BCUT2D eigenvalue weighted by atomic mass is 127. The molecule has 0 saturated heterocycles. The molecule has 0 bridgehead atoms. The Bertz CT molecular complexity index is 2470. The molecule has 5 aromatic rings. The van der Waals surface area contributed by atoms with Crippen molar-refractivity contribution >= 4 is 79.3 Å². The van der Waals surface area contributed by atoms with Gasteiger partial charge in [0.05, 0.1) is 12.7 Å². The van der Waals surface area contributed by atoms with Crippen molar-refractivity contribution in [3.05, 3.63) is 134 Å². The highest BCUT2D eigenvalue weighted by Crippen LogP contribution is 2.51. The second-order valence-corrected chi connectivity index (χ2v) is 16.8. The highest BCUT2D eigenvalue weighted by Gasteiger charge is 2.40. The zero-order valence-electron chi connectivity index (χ0n) is 27.8. The number of amides is 1. The van der Waals surface area contributed by atoms with Crippen LogP contribution in [0.25, 0.3) is 20.2 Å². The molecular weight excluding hydrogens is 773 g/mol. The van der Waals surface area contributed by atoms with Gasteiger partial charge in [-0.1, -0.05) is 24.3 Å². The molecule has 4 aromatic carbocycles. The summed E-state index contributed by atoms with van der Waals surface area (Å²) in [5.74, 6) is 0.429. The van der Waals surface area contributed by atoms with Crippen LogP contribution in [0.2, 0.25) is 0 Å². The normalized spacial score (nSPS) is 19.2. The van der Waals surface area contributed by atoms with Crippen molar-refractivity contribution in [2.24, 2.45) is 5.92 Å². The third-order valence-electron chi connectivity index (χ3n) is 10.2. The Morgan fingerprint density at radius 1 is 0.941 bits per heavy atom. The van der Waals surface area contributed by atoms with Gasteiger partial charge in [-0.15, -0.1) is 11.3 Å². The molecule has 3 aliphatic heterocycles. The Labute approximate surface area is 308 Å². The number of nitrogens with one attached hydrogen (secondary N) is 3. The smallest absolute Gasteiger partial charge is 0.338 e. The fourth-order valence-electron chi connectivity index (χ4n) is 7.68. The summed E-state index contributed by atoms with van der Waals surface area (Å²) in [6.45, 7) is 1.93. The van der Waals surface area contributed by atoms with Crippen LogP contribution in [-0.2, 0) is 11.2 Å². The molecule has 0 spiro atoms. The van der Waals surface area contributed by atoms with Crippen LogP contribution >= 0.6 is 32.3 Å². The number of carbonyl (C=O) groups is 2. The van der Waals surface area contributed by atoms with Gasteiger partial charge in [0.2, 0.25) is 0 Å². The van der Waals surface area contributed by atoms with E-state index in [2.05, 4.69) is 38.4 Å². The van der Waals surface area contributed by atoms with Gasteiger partial charge in [0.1, 0.15) is 11.5 Å². The van der Waals surface area contributed by atoms with E-state index in [1.807, 2.05) is 36.4 Å². The number of anilines is 2. The molecule has 8 nitrogen and oxygen atoms in total. The molecular formula is C41H34IN3O5S. The van der Waals surface area contributed by atoms with E-state index in [1.54, 1.807) is 35.6 Å². The number of rotatable bonds is 4. The molecule has 10 heteroatoms. The van der Waals surface area contributed by atoms with Crippen LogP contribution in [-0.4, -0.2) is 35.6 Å². The van der Waals surface area contributed by atoms with Crippen LogP contribution in [0.3, 0.4) is 0 Å². The molecule has 4 heterocycles. The minimum Gasteiger partial charge on any atom is -0.465 e. The van der Waals surface area contributed by atoms with Crippen molar-refractivity contribution < 1.29 is 19.1 Å². The number of carbonyl (C=O) groups excluding carboxylic acids is 2. The first-order chi connectivity index (χ1) is 24.9. The number of aryl methyl sites for hydroxylation is 1. The van der Waals surface area contributed by atoms with E-state index < -0.39 is 5.97 Å². The topological polar surface area (TPSA) is 106 Å². The number of benzene rings is 4. The first kappa shape index (κ1) is 32.3. The number of allylic oxidation sites excluding steroid dienone is 3. The number of methoxy groups -OCH3 is 1. The summed E-state index contributed by atoms with van der Waals surface area (Å²) in [6, 6.07) is 22.6. The summed E-state index contributed by atoms with van der Waals surface area (Å²) in [4.78, 5) is 40.7. The number of esters is 1. The van der Waals surface area contributed by atoms with Crippen molar-refractivity contribution in [1.29, 1.82) is 0 Å². The van der Waals surface area contributed by atoms with Crippen LogP contribution in [0, 0.1) is 5.92 Å². The van der Waals surface area contributed by atoms with Gasteiger partial charge in [0.15, 0.2) is 5.43 Å². The van der Waals surface area contributed by atoms with E-state index in [4.69, 9.17) is 9.47 Å². The molecule has 2 atom stereocenters. The van der Waals surface area contributed by atoms with Crippen molar-refractivity contribution in [2.75, 3.05) is 30.8 Å². The molecule has 256 valence electrons. The van der Waals surface area contributed by atoms with Gasteiger partial charge < -0.3 is 20.1 Å². The Morgan fingerprint density at radius 3 is 2.71 bits per heavy atom. The summed E-state index contributed by atoms with van der Waals surface area (Å²) in [7, 11) is 1.37. The summed E-state index contributed by atoms with van der Waals surface area (Å²) in [6.07, 6.45) is 8.68. The Morgan fingerprint density at radius 2 is 1.80 bits per heavy atom. The predicted molar refractivity (Wildman–Crippen MR) is 213 cm³/mol. The lowest BCUT2D eigenvalue weighted by atomic mass is 9.72. The lowest BCUT2D eigenvalue weighted by Crippen LogP contribution is -2.29. The van der Waals surface area contributed by atoms with Gasteiger partial charge in [-0.3, -0.25) is 13.1 Å². The van der Waals surface area contributed by atoms with Gasteiger partial charge in [-0.25, -0.2) is 4.79 Å². The molecule has 0 fully saturated rings. The number of hydrogen-bond acceptors (Lipinski definition) is 8. The van der Waals surface area contributed by atoms with E-state index in [-0.39, 0.29) is 44.2 Å². The van der Waals surface area contributed by atoms with E-state index >= 15 is 0 Å². The zero-order valence-corrected chi connectivity index (χ0v) is 30.8. The largest absolute Gasteiger partial charge is 0.465 e. The lowest BCUT2D eigenvalue weighted by Gasteiger charge is -2.38. The van der Waals surface area contributed by atoms with Crippen molar-refractivity contribution in [3.63, 3.8) is 0 Å². The first-order valence-corrected chi connectivity index (χ1v) is 20.2. The van der Waals surface area contributed by atoms with Gasteiger partial charge in [0, 0.05) is 77.2 Å². The first-order valence-electron chi connectivity index (χ1n) is 17.2. The SMILES string of the molecule is COC(=O)c1cc(C(=O)Nc2ccc3sc4ccccc4c(=O)c3c2)ccc1C1c2cc3c(cc2OC2=CC4=INCCCC4=CC21)NCCC3. The van der Waals surface area contributed by atoms with Crippen LogP contribution in [0.15, 0.2) is 101 Å². The Kier molecular flexibility index (Phi) is 8.32. The molecule has 3 N–H and O–H groups in total. The second kappa shape index (κ2) is 13.2. The van der Waals surface area contributed by atoms with Gasteiger partial charge >= 0.3 is 5.97 Å². The minimum atomic E-state index is -0.506. The number of ether oxygens (including phenoxy) is 2. The van der Waals surface area contributed by atoms with Crippen LogP contribution in [0.5, 0.6) is 5.75 Å². The standard InChI is InChI=1S/C41H34IN3O5S/c1-49-41(48)28-18-24(40(47)45-25-11-13-37-31(19-25)39(46)27-8-2-3-9-36(27)51-37)10-12-26(28)38-29-16-22-6-5-15-44-42-32(22)20-34(29)50-35-21-33-23(17-30(35)38)7-4-14-43-33/h2-3,8-13,16-21,29,38,43-44H,4-7,14-15H2,1H3,(H,45,47). The van der Waals surface area contributed by atoms with E-state index in [9.17, 15) is 14.4 Å². The maximum absolute atomic E-state index is 13.8. The maximum atomic E-state index is 13.8. The second-order valence-electron chi connectivity index (χ2n) is 13.2. The molecule has 1 aromatic heterocycles. The van der Waals surface area contributed by atoms with Crippen LogP contribution in [0.1, 0.15) is 62.6 Å². The van der Waals surface area contributed by atoms with E-state index in [0.29, 0.717) is 27.6 Å². The van der Waals surface area contributed by atoms with E-state index in [1.165, 1.54) is 21.8 Å². The fourth-order valence-corrected chi connectivity index (χ4v) is 11.0. The molecule has 4 aliphatic rings. The van der Waals surface area contributed by atoms with Crippen molar-refractivity contribution in [3.8, 4) is 5.75 Å². The Balaban J connectivity index is 1.12. The molecule has 9 rings (SSSR count). The number of halogens is 1. The Hall–Kier alpha value is -4.65. The van der Waals surface area contributed by atoms with Gasteiger partial charge in [-0.05, 0) is 118 Å². The van der Waals surface area contributed by atoms with Gasteiger partial charge in [-0.2, -0.15) is 0 Å². The molecule has 51 heavy (non-hydrogen) atoms. The third kappa shape index (κ3) is 5.79.